The standard InChI is InChI=1S/C15H14FN3/c1-10-2-4-12(6-13(10)16)14-9-19-8-11(7-17)3-5-15(19)18-14/h2-6,8-9H,7,17H2,1H3. The Labute approximate surface area is 110 Å². The van der Waals surface area contributed by atoms with Crippen LogP contribution in [0, 0.1) is 12.7 Å². The van der Waals surface area contributed by atoms with Gasteiger partial charge in [0.15, 0.2) is 0 Å². The first-order valence-electron chi connectivity index (χ1n) is 6.11. The maximum atomic E-state index is 13.6. The lowest BCUT2D eigenvalue weighted by Crippen LogP contribution is -1.97. The van der Waals surface area contributed by atoms with E-state index in [1.54, 1.807) is 13.0 Å². The highest BCUT2D eigenvalue weighted by Crippen LogP contribution is 2.21. The highest BCUT2D eigenvalue weighted by atomic mass is 19.1. The van der Waals surface area contributed by atoms with Gasteiger partial charge in [0.1, 0.15) is 11.5 Å². The third-order valence-electron chi connectivity index (χ3n) is 3.22. The molecule has 0 aliphatic carbocycles. The highest BCUT2D eigenvalue weighted by molar-refractivity contribution is 5.63. The van der Waals surface area contributed by atoms with E-state index in [-0.39, 0.29) is 5.82 Å². The summed E-state index contributed by atoms with van der Waals surface area (Å²) in [6, 6.07) is 9.02. The second-order valence-corrected chi connectivity index (χ2v) is 4.60. The number of imidazole rings is 1. The van der Waals surface area contributed by atoms with E-state index in [2.05, 4.69) is 4.98 Å². The van der Waals surface area contributed by atoms with Crippen LogP contribution in [0.25, 0.3) is 16.9 Å². The van der Waals surface area contributed by atoms with Crippen molar-refractivity contribution in [1.82, 2.24) is 9.38 Å². The van der Waals surface area contributed by atoms with Gasteiger partial charge < -0.3 is 10.1 Å². The molecule has 96 valence electrons. The van der Waals surface area contributed by atoms with Crippen LogP contribution >= 0.6 is 0 Å². The summed E-state index contributed by atoms with van der Waals surface area (Å²) in [4.78, 5) is 4.48. The van der Waals surface area contributed by atoms with Gasteiger partial charge in [0.2, 0.25) is 0 Å². The Morgan fingerprint density at radius 3 is 2.79 bits per heavy atom. The van der Waals surface area contributed by atoms with Gasteiger partial charge in [-0.3, -0.25) is 0 Å². The van der Waals surface area contributed by atoms with Crippen LogP contribution in [0.2, 0.25) is 0 Å². The molecule has 3 nitrogen and oxygen atoms in total. The normalized spacial score (nSPS) is 11.1. The smallest absolute Gasteiger partial charge is 0.137 e. The molecule has 4 heteroatoms. The number of aromatic nitrogens is 2. The lowest BCUT2D eigenvalue weighted by Gasteiger charge is -1.99. The predicted octanol–water partition coefficient (Wildman–Crippen LogP) is 2.91. The van der Waals surface area contributed by atoms with Crippen molar-refractivity contribution in [2.24, 2.45) is 5.73 Å². The Hall–Kier alpha value is -2.20. The average Bonchev–Trinajstić information content (AvgIpc) is 2.84. The molecule has 19 heavy (non-hydrogen) atoms. The van der Waals surface area contributed by atoms with Crippen LogP contribution in [0.5, 0.6) is 0 Å². The van der Waals surface area contributed by atoms with Gasteiger partial charge >= 0.3 is 0 Å². The Kier molecular flexibility index (Phi) is 2.80. The van der Waals surface area contributed by atoms with Crippen molar-refractivity contribution < 1.29 is 4.39 Å². The number of nitrogens with two attached hydrogens (primary N) is 1. The maximum absolute atomic E-state index is 13.6. The van der Waals surface area contributed by atoms with E-state index in [0.29, 0.717) is 12.1 Å². The number of halogens is 1. The molecule has 2 heterocycles. The summed E-state index contributed by atoms with van der Waals surface area (Å²) in [6.07, 6.45) is 3.83. The Bertz CT molecular complexity index is 746. The highest BCUT2D eigenvalue weighted by Gasteiger charge is 2.07. The number of nitrogens with zero attached hydrogens (tertiary/aromatic N) is 2. The fourth-order valence-corrected chi connectivity index (χ4v) is 2.05. The number of hydrogen-bond acceptors (Lipinski definition) is 2. The number of pyridine rings is 1. The lowest BCUT2D eigenvalue weighted by molar-refractivity contribution is 0.619. The molecule has 0 saturated carbocycles. The van der Waals surface area contributed by atoms with Crippen LogP contribution in [0.15, 0.2) is 42.7 Å². The van der Waals surface area contributed by atoms with Crippen molar-refractivity contribution in [3.8, 4) is 11.3 Å². The van der Waals surface area contributed by atoms with E-state index in [0.717, 1.165) is 22.5 Å². The number of benzene rings is 1. The van der Waals surface area contributed by atoms with Crippen molar-refractivity contribution in [3.63, 3.8) is 0 Å². The SMILES string of the molecule is Cc1ccc(-c2cn3cc(CN)ccc3n2)cc1F. The molecular formula is C15H14FN3. The minimum absolute atomic E-state index is 0.211. The van der Waals surface area contributed by atoms with Crippen LogP contribution in [-0.2, 0) is 6.54 Å². The molecule has 0 radical (unpaired) electrons. The molecule has 0 fully saturated rings. The summed E-state index contributed by atoms with van der Waals surface area (Å²) in [5, 5.41) is 0. The van der Waals surface area contributed by atoms with E-state index in [4.69, 9.17) is 5.73 Å². The number of rotatable bonds is 2. The Morgan fingerprint density at radius 2 is 2.05 bits per heavy atom. The molecule has 0 atom stereocenters. The zero-order valence-corrected chi connectivity index (χ0v) is 10.6. The third-order valence-corrected chi connectivity index (χ3v) is 3.22. The van der Waals surface area contributed by atoms with Gasteiger partial charge in [-0.2, -0.15) is 0 Å². The summed E-state index contributed by atoms with van der Waals surface area (Å²) in [5.74, 6) is -0.211. The van der Waals surface area contributed by atoms with Crippen molar-refractivity contribution in [2.45, 2.75) is 13.5 Å². The van der Waals surface area contributed by atoms with E-state index in [9.17, 15) is 4.39 Å². The van der Waals surface area contributed by atoms with Gasteiger partial charge in [-0.15, -0.1) is 0 Å². The summed E-state index contributed by atoms with van der Waals surface area (Å²) >= 11 is 0. The number of hydrogen-bond donors (Lipinski definition) is 1. The zero-order chi connectivity index (χ0) is 13.4. The minimum Gasteiger partial charge on any atom is -0.326 e. The zero-order valence-electron chi connectivity index (χ0n) is 10.6. The average molecular weight is 255 g/mol. The topological polar surface area (TPSA) is 43.3 Å². The first kappa shape index (κ1) is 11.9. The molecule has 0 bridgehead atoms. The molecule has 0 aliphatic rings. The van der Waals surface area contributed by atoms with Crippen LogP contribution in [0.1, 0.15) is 11.1 Å². The summed E-state index contributed by atoms with van der Waals surface area (Å²) in [7, 11) is 0. The van der Waals surface area contributed by atoms with Gasteiger partial charge in [0, 0.05) is 24.5 Å². The van der Waals surface area contributed by atoms with E-state index < -0.39 is 0 Å². The van der Waals surface area contributed by atoms with Crippen molar-refractivity contribution in [3.05, 3.63) is 59.7 Å². The van der Waals surface area contributed by atoms with Gasteiger partial charge in [-0.1, -0.05) is 18.2 Å². The van der Waals surface area contributed by atoms with Crippen molar-refractivity contribution in [1.29, 1.82) is 0 Å². The second kappa shape index (κ2) is 4.48. The van der Waals surface area contributed by atoms with Crippen LogP contribution < -0.4 is 5.73 Å². The number of fused-ring (bicyclic) bond motifs is 1. The van der Waals surface area contributed by atoms with E-state index >= 15 is 0 Å². The van der Waals surface area contributed by atoms with Gasteiger partial charge in [0.05, 0.1) is 5.69 Å². The van der Waals surface area contributed by atoms with Gasteiger partial charge in [0.25, 0.3) is 0 Å². The molecule has 0 amide bonds. The molecule has 0 spiro atoms. The molecule has 2 aromatic heterocycles. The monoisotopic (exact) mass is 255 g/mol. The predicted molar refractivity (Wildman–Crippen MR) is 73.2 cm³/mol. The largest absolute Gasteiger partial charge is 0.326 e. The summed E-state index contributed by atoms with van der Waals surface area (Å²) in [6.45, 7) is 2.24. The fraction of sp³-hybridized carbons (Fsp3) is 0.133. The molecule has 0 saturated heterocycles. The lowest BCUT2D eigenvalue weighted by atomic mass is 10.1. The molecule has 2 N–H and O–H groups in total. The van der Waals surface area contributed by atoms with Crippen molar-refractivity contribution >= 4 is 5.65 Å². The van der Waals surface area contributed by atoms with E-state index in [1.807, 2.05) is 35.0 Å². The summed E-state index contributed by atoms with van der Waals surface area (Å²) < 4.78 is 15.5. The molecule has 0 unspecified atom stereocenters. The molecular weight excluding hydrogens is 241 g/mol. The maximum Gasteiger partial charge on any atom is 0.137 e. The minimum atomic E-state index is -0.211. The van der Waals surface area contributed by atoms with Crippen LogP contribution in [-0.4, -0.2) is 9.38 Å². The van der Waals surface area contributed by atoms with Crippen LogP contribution in [0.3, 0.4) is 0 Å². The van der Waals surface area contributed by atoms with Crippen LogP contribution in [0.4, 0.5) is 4.39 Å². The fourth-order valence-electron chi connectivity index (χ4n) is 2.05. The Morgan fingerprint density at radius 1 is 1.21 bits per heavy atom. The first-order valence-corrected chi connectivity index (χ1v) is 6.11. The van der Waals surface area contributed by atoms with Gasteiger partial charge in [-0.05, 0) is 30.2 Å². The summed E-state index contributed by atoms with van der Waals surface area (Å²) in [5.41, 5.74) is 9.65. The Balaban J connectivity index is 2.11. The quantitative estimate of drug-likeness (QED) is 0.765. The molecule has 3 rings (SSSR count). The third kappa shape index (κ3) is 2.11. The first-order chi connectivity index (χ1) is 9.17. The molecule has 0 aliphatic heterocycles. The van der Waals surface area contributed by atoms with Crippen molar-refractivity contribution in [2.75, 3.05) is 0 Å². The van der Waals surface area contributed by atoms with Gasteiger partial charge in [-0.25, -0.2) is 9.37 Å². The number of aryl methyl sites for hydroxylation is 1. The molecule has 3 aromatic rings. The molecule has 1 aromatic carbocycles. The second-order valence-electron chi connectivity index (χ2n) is 4.60. The van der Waals surface area contributed by atoms with E-state index in [1.165, 1.54) is 6.07 Å².